The van der Waals surface area contributed by atoms with Gasteiger partial charge in [-0.2, -0.15) is 0 Å². The normalized spacial score (nSPS) is 11.8. The van der Waals surface area contributed by atoms with Gasteiger partial charge in [-0.15, -0.1) is 0 Å². The average Bonchev–Trinajstić information content (AvgIpc) is 2.77. The highest BCUT2D eigenvalue weighted by molar-refractivity contribution is 5.98. The molecule has 1 aromatic carbocycles. The van der Waals surface area contributed by atoms with Crippen molar-refractivity contribution >= 4 is 23.9 Å². The third-order valence-corrected chi connectivity index (χ3v) is 4.97. The van der Waals surface area contributed by atoms with Crippen molar-refractivity contribution in [1.82, 2.24) is 20.6 Å². The van der Waals surface area contributed by atoms with Crippen LogP contribution in [0.15, 0.2) is 24.3 Å². The standard InChI is InChI=1S/C25H35N5O6/c1-15-20(21(32)30-19(22(33)35-6)14-27-24(34)36-25(3,4)5)16(2)29-23(28-15)26-12-8-10-17-9-7-11-18(31)13-17/h7,9,11,13,19,31H,8,10,12,14H2,1-6H3,(H,27,34)(H,30,32)(H,26,28,29). The Morgan fingerprint density at radius 1 is 1.11 bits per heavy atom. The summed E-state index contributed by atoms with van der Waals surface area (Å²) >= 11 is 0. The third kappa shape index (κ3) is 9.05. The summed E-state index contributed by atoms with van der Waals surface area (Å²) in [5.74, 6) is -0.671. The van der Waals surface area contributed by atoms with Crippen LogP contribution in [-0.2, 0) is 20.7 Å². The van der Waals surface area contributed by atoms with E-state index in [1.807, 2.05) is 6.07 Å². The number of nitrogens with zero attached hydrogens (tertiary/aromatic N) is 2. The van der Waals surface area contributed by atoms with Crippen LogP contribution in [-0.4, -0.2) is 64.9 Å². The van der Waals surface area contributed by atoms with Crippen LogP contribution in [0.2, 0.25) is 0 Å². The van der Waals surface area contributed by atoms with Gasteiger partial charge >= 0.3 is 12.1 Å². The van der Waals surface area contributed by atoms with Crippen molar-refractivity contribution in [2.24, 2.45) is 0 Å². The predicted octanol–water partition coefficient (Wildman–Crippen LogP) is 2.64. The second-order valence-corrected chi connectivity index (χ2v) is 9.23. The summed E-state index contributed by atoms with van der Waals surface area (Å²) in [7, 11) is 1.19. The molecule has 11 heteroatoms. The van der Waals surface area contributed by atoms with Gasteiger partial charge < -0.3 is 30.5 Å². The predicted molar refractivity (Wildman–Crippen MR) is 134 cm³/mol. The summed E-state index contributed by atoms with van der Waals surface area (Å²) in [6.45, 7) is 8.87. The molecule has 0 radical (unpaired) electrons. The van der Waals surface area contributed by atoms with Gasteiger partial charge in [-0.05, 0) is 65.2 Å². The fraction of sp³-hybridized carbons (Fsp3) is 0.480. The van der Waals surface area contributed by atoms with Gasteiger partial charge in [0, 0.05) is 6.54 Å². The molecule has 2 aromatic rings. The SMILES string of the molecule is COC(=O)C(CNC(=O)OC(C)(C)C)NC(=O)c1c(C)nc(NCCCc2cccc(O)c2)nc1C. The molecule has 0 aliphatic heterocycles. The molecular weight excluding hydrogens is 466 g/mol. The number of rotatable bonds is 10. The molecule has 4 N–H and O–H groups in total. The summed E-state index contributed by atoms with van der Waals surface area (Å²) < 4.78 is 9.91. The molecule has 0 saturated carbocycles. The van der Waals surface area contributed by atoms with Gasteiger partial charge in [0.25, 0.3) is 5.91 Å². The van der Waals surface area contributed by atoms with Crippen molar-refractivity contribution in [2.45, 2.75) is 59.1 Å². The zero-order chi connectivity index (χ0) is 26.9. The lowest BCUT2D eigenvalue weighted by Gasteiger charge is -2.22. The minimum absolute atomic E-state index is 0.217. The highest BCUT2D eigenvalue weighted by Gasteiger charge is 2.26. The lowest BCUT2D eigenvalue weighted by Crippen LogP contribution is -2.50. The van der Waals surface area contributed by atoms with Gasteiger partial charge in [-0.1, -0.05) is 12.1 Å². The molecule has 1 unspecified atom stereocenters. The van der Waals surface area contributed by atoms with Crippen molar-refractivity contribution in [3.8, 4) is 5.75 Å². The number of phenols is 1. The molecule has 2 rings (SSSR count). The van der Waals surface area contributed by atoms with E-state index in [1.165, 1.54) is 7.11 Å². The molecule has 2 amide bonds. The molecule has 0 fully saturated rings. The molecule has 0 spiro atoms. The van der Waals surface area contributed by atoms with Crippen LogP contribution in [0.25, 0.3) is 0 Å². The lowest BCUT2D eigenvalue weighted by atomic mass is 10.1. The maximum Gasteiger partial charge on any atom is 0.407 e. The Bertz CT molecular complexity index is 1060. The smallest absolute Gasteiger partial charge is 0.407 e. The first-order valence-electron chi connectivity index (χ1n) is 11.6. The molecule has 11 nitrogen and oxygen atoms in total. The Hall–Kier alpha value is -3.89. The number of hydrogen-bond acceptors (Lipinski definition) is 9. The van der Waals surface area contributed by atoms with Crippen LogP contribution in [0.5, 0.6) is 5.75 Å². The van der Waals surface area contributed by atoms with E-state index in [0.717, 1.165) is 18.4 Å². The number of aromatic hydroxyl groups is 1. The second-order valence-electron chi connectivity index (χ2n) is 9.23. The molecule has 0 bridgehead atoms. The maximum absolute atomic E-state index is 13.0. The zero-order valence-corrected chi connectivity index (χ0v) is 21.6. The van der Waals surface area contributed by atoms with Crippen molar-refractivity contribution in [3.63, 3.8) is 0 Å². The van der Waals surface area contributed by atoms with Gasteiger partial charge in [-0.25, -0.2) is 19.6 Å². The Morgan fingerprint density at radius 3 is 2.36 bits per heavy atom. The minimum atomic E-state index is -1.14. The fourth-order valence-electron chi connectivity index (χ4n) is 3.39. The molecule has 1 atom stereocenters. The molecule has 1 aromatic heterocycles. The monoisotopic (exact) mass is 501 g/mol. The number of methoxy groups -OCH3 is 1. The number of amides is 2. The van der Waals surface area contributed by atoms with E-state index in [1.54, 1.807) is 52.8 Å². The number of alkyl carbamates (subject to hydrolysis) is 1. The van der Waals surface area contributed by atoms with Crippen LogP contribution < -0.4 is 16.0 Å². The van der Waals surface area contributed by atoms with Gasteiger partial charge in [0.2, 0.25) is 5.95 Å². The Kier molecular flexibility index (Phi) is 10.0. The van der Waals surface area contributed by atoms with E-state index in [-0.39, 0.29) is 17.9 Å². The maximum atomic E-state index is 13.0. The number of carbonyl (C=O) groups is 3. The molecule has 0 aliphatic carbocycles. The largest absolute Gasteiger partial charge is 0.508 e. The number of nitrogens with one attached hydrogen (secondary N) is 3. The first-order valence-corrected chi connectivity index (χ1v) is 11.6. The number of hydrogen-bond donors (Lipinski definition) is 4. The average molecular weight is 502 g/mol. The minimum Gasteiger partial charge on any atom is -0.508 e. The van der Waals surface area contributed by atoms with Crippen LogP contribution in [0.4, 0.5) is 10.7 Å². The van der Waals surface area contributed by atoms with Crippen molar-refractivity contribution in [2.75, 3.05) is 25.5 Å². The Balaban J connectivity index is 1.99. The topological polar surface area (TPSA) is 152 Å². The van der Waals surface area contributed by atoms with E-state index < -0.39 is 29.6 Å². The lowest BCUT2D eigenvalue weighted by molar-refractivity contribution is -0.142. The highest BCUT2D eigenvalue weighted by atomic mass is 16.6. The van der Waals surface area contributed by atoms with Crippen LogP contribution in [0, 0.1) is 13.8 Å². The molecular formula is C25H35N5O6. The van der Waals surface area contributed by atoms with E-state index in [2.05, 4.69) is 25.9 Å². The zero-order valence-electron chi connectivity index (χ0n) is 21.6. The third-order valence-electron chi connectivity index (χ3n) is 4.97. The Morgan fingerprint density at radius 2 is 1.78 bits per heavy atom. The summed E-state index contributed by atoms with van der Waals surface area (Å²) in [5, 5.41) is 17.7. The number of phenolic OH excluding ortho intramolecular Hbond substituents is 1. The van der Waals surface area contributed by atoms with E-state index in [4.69, 9.17) is 9.47 Å². The number of aryl methyl sites for hydroxylation is 3. The van der Waals surface area contributed by atoms with E-state index >= 15 is 0 Å². The van der Waals surface area contributed by atoms with Gasteiger partial charge in [0.15, 0.2) is 0 Å². The van der Waals surface area contributed by atoms with Gasteiger partial charge in [0.05, 0.1) is 30.6 Å². The summed E-state index contributed by atoms with van der Waals surface area (Å²) in [5.41, 5.74) is 1.41. The first-order chi connectivity index (χ1) is 16.9. The summed E-state index contributed by atoms with van der Waals surface area (Å²) in [6, 6.07) is 5.97. The van der Waals surface area contributed by atoms with Crippen molar-refractivity contribution < 1.29 is 29.0 Å². The highest BCUT2D eigenvalue weighted by Crippen LogP contribution is 2.15. The van der Waals surface area contributed by atoms with Crippen LogP contribution in [0.3, 0.4) is 0 Å². The quantitative estimate of drug-likeness (QED) is 0.284. The van der Waals surface area contributed by atoms with Crippen LogP contribution in [0.1, 0.15) is 54.5 Å². The van der Waals surface area contributed by atoms with Gasteiger partial charge in [0.1, 0.15) is 17.4 Å². The summed E-state index contributed by atoms with van der Waals surface area (Å²) in [4.78, 5) is 45.8. The second kappa shape index (κ2) is 12.7. The molecule has 1 heterocycles. The number of benzene rings is 1. The van der Waals surface area contributed by atoms with Crippen molar-refractivity contribution in [3.05, 3.63) is 46.8 Å². The van der Waals surface area contributed by atoms with Crippen LogP contribution >= 0.6 is 0 Å². The number of esters is 1. The number of anilines is 1. The molecule has 196 valence electrons. The molecule has 0 saturated heterocycles. The molecule has 0 aliphatic rings. The number of aromatic nitrogens is 2. The fourth-order valence-corrected chi connectivity index (χ4v) is 3.39. The Labute approximate surface area is 211 Å². The van der Waals surface area contributed by atoms with Gasteiger partial charge in [-0.3, -0.25) is 4.79 Å². The number of carbonyl (C=O) groups excluding carboxylic acids is 3. The summed E-state index contributed by atoms with van der Waals surface area (Å²) in [6.07, 6.45) is 0.839. The molecule has 36 heavy (non-hydrogen) atoms. The number of ether oxygens (including phenoxy) is 2. The van der Waals surface area contributed by atoms with E-state index in [0.29, 0.717) is 23.9 Å². The van der Waals surface area contributed by atoms with E-state index in [9.17, 15) is 19.5 Å². The van der Waals surface area contributed by atoms with Crippen molar-refractivity contribution in [1.29, 1.82) is 0 Å². The first kappa shape index (κ1) is 28.3.